The number of carboxylic acids is 1. The van der Waals surface area contributed by atoms with Crippen molar-refractivity contribution in [1.29, 1.82) is 0 Å². The Bertz CT molecular complexity index is 466. The first-order valence-electron chi connectivity index (χ1n) is 7.08. The van der Waals surface area contributed by atoms with Gasteiger partial charge in [0.2, 0.25) is 0 Å². The number of hydrogen-bond acceptors (Lipinski definition) is 3. The largest absolute Gasteiger partial charge is 0.481 e. The van der Waals surface area contributed by atoms with Crippen LogP contribution in [0.1, 0.15) is 30.8 Å². The molecular weight excluding hydrogens is 260 g/mol. The molecule has 0 radical (unpaired) electrons. The van der Waals surface area contributed by atoms with Crippen LogP contribution in [0.3, 0.4) is 0 Å². The van der Waals surface area contributed by atoms with Gasteiger partial charge in [-0.15, -0.1) is 0 Å². The van der Waals surface area contributed by atoms with Crippen LogP contribution in [0.2, 0.25) is 0 Å². The van der Waals surface area contributed by atoms with E-state index < -0.39 is 5.97 Å². The van der Waals surface area contributed by atoms with Crippen LogP contribution in [0, 0.1) is 11.8 Å². The van der Waals surface area contributed by atoms with Crippen LogP contribution in [-0.4, -0.2) is 32.1 Å². The summed E-state index contributed by atoms with van der Waals surface area (Å²) in [7, 11) is 0. The molecule has 5 heteroatoms. The second kappa shape index (κ2) is 5.57. The van der Waals surface area contributed by atoms with Gasteiger partial charge in [0.15, 0.2) is 0 Å². The van der Waals surface area contributed by atoms with Gasteiger partial charge in [-0.25, -0.2) is 4.98 Å². The number of carboxylic acid groups (broad SMARTS) is 1. The highest BCUT2D eigenvalue weighted by Crippen LogP contribution is 2.28. The van der Waals surface area contributed by atoms with Crippen LogP contribution in [0.5, 0.6) is 0 Å². The second-order valence-corrected chi connectivity index (χ2v) is 6.79. The van der Waals surface area contributed by atoms with E-state index >= 15 is 0 Å². The molecule has 19 heavy (non-hydrogen) atoms. The Labute approximate surface area is 117 Å². The van der Waals surface area contributed by atoms with Crippen LogP contribution in [0.15, 0.2) is 6.20 Å². The fourth-order valence-electron chi connectivity index (χ4n) is 3.10. The number of aromatic nitrogens is 2. The van der Waals surface area contributed by atoms with Crippen molar-refractivity contribution in [1.82, 2.24) is 9.55 Å². The van der Waals surface area contributed by atoms with Crippen LogP contribution in [-0.2, 0) is 24.2 Å². The molecule has 1 saturated heterocycles. The van der Waals surface area contributed by atoms with Crippen molar-refractivity contribution >= 4 is 17.7 Å². The molecule has 0 bridgehead atoms. The lowest BCUT2D eigenvalue weighted by Gasteiger charge is -2.25. The molecule has 0 aromatic carbocycles. The van der Waals surface area contributed by atoms with Gasteiger partial charge in [-0.1, -0.05) is 0 Å². The Balaban J connectivity index is 1.73. The summed E-state index contributed by atoms with van der Waals surface area (Å²) in [6, 6.07) is 0. The Kier molecular flexibility index (Phi) is 3.82. The van der Waals surface area contributed by atoms with Crippen LogP contribution in [0.25, 0.3) is 0 Å². The summed E-state index contributed by atoms with van der Waals surface area (Å²) in [5.41, 5.74) is 1.22. The quantitative estimate of drug-likeness (QED) is 0.922. The number of thioether (sulfide) groups is 1. The van der Waals surface area contributed by atoms with Crippen molar-refractivity contribution in [2.24, 2.45) is 11.8 Å². The van der Waals surface area contributed by atoms with Crippen molar-refractivity contribution < 1.29 is 9.90 Å². The van der Waals surface area contributed by atoms with Crippen molar-refractivity contribution in [2.45, 2.75) is 38.6 Å². The molecule has 3 heterocycles. The Morgan fingerprint density at radius 3 is 3.16 bits per heavy atom. The predicted molar refractivity (Wildman–Crippen MR) is 75.4 cm³/mol. The number of aryl methyl sites for hydroxylation is 1. The van der Waals surface area contributed by atoms with Crippen LogP contribution in [0.4, 0.5) is 0 Å². The highest BCUT2D eigenvalue weighted by molar-refractivity contribution is 7.99. The summed E-state index contributed by atoms with van der Waals surface area (Å²) in [5.74, 6) is 3.44. The molecule has 1 fully saturated rings. The summed E-state index contributed by atoms with van der Waals surface area (Å²) >= 11 is 2.04. The van der Waals surface area contributed by atoms with Crippen LogP contribution >= 0.6 is 11.8 Å². The molecule has 104 valence electrons. The van der Waals surface area contributed by atoms with E-state index in [0.717, 1.165) is 31.0 Å². The summed E-state index contributed by atoms with van der Waals surface area (Å²) in [5, 5.41) is 9.18. The van der Waals surface area contributed by atoms with Gasteiger partial charge in [0.25, 0.3) is 0 Å². The van der Waals surface area contributed by atoms with Gasteiger partial charge >= 0.3 is 5.97 Å². The smallest absolute Gasteiger partial charge is 0.308 e. The monoisotopic (exact) mass is 280 g/mol. The molecule has 2 aliphatic heterocycles. The highest BCUT2D eigenvalue weighted by atomic mass is 32.2. The number of hydrogen-bond donors (Lipinski definition) is 1. The molecule has 2 unspecified atom stereocenters. The van der Waals surface area contributed by atoms with Gasteiger partial charge in [-0.3, -0.25) is 4.79 Å². The van der Waals surface area contributed by atoms with Crippen molar-refractivity contribution in [3.63, 3.8) is 0 Å². The zero-order valence-corrected chi connectivity index (χ0v) is 11.9. The zero-order chi connectivity index (χ0) is 13.2. The minimum absolute atomic E-state index is 0.235. The topological polar surface area (TPSA) is 55.1 Å². The van der Waals surface area contributed by atoms with Crippen molar-refractivity contribution in [3.05, 3.63) is 17.7 Å². The molecule has 0 saturated carbocycles. The zero-order valence-electron chi connectivity index (χ0n) is 11.0. The third-order valence-corrected chi connectivity index (χ3v) is 5.53. The van der Waals surface area contributed by atoms with Gasteiger partial charge in [0.1, 0.15) is 5.82 Å². The Morgan fingerprint density at radius 1 is 1.53 bits per heavy atom. The highest BCUT2D eigenvalue weighted by Gasteiger charge is 2.27. The number of fused-ring (bicyclic) bond motifs is 1. The summed E-state index contributed by atoms with van der Waals surface area (Å²) in [4.78, 5) is 15.7. The van der Waals surface area contributed by atoms with E-state index in [9.17, 15) is 9.90 Å². The SMILES string of the molecule is O=C(O)C1CCc2cnc(CC3CCCSC3)n2C1. The summed E-state index contributed by atoms with van der Waals surface area (Å²) < 4.78 is 2.17. The first-order valence-corrected chi connectivity index (χ1v) is 8.23. The number of nitrogens with zero attached hydrogens (tertiary/aromatic N) is 2. The average Bonchev–Trinajstić information content (AvgIpc) is 2.82. The molecule has 0 aliphatic carbocycles. The Hall–Kier alpha value is -0.970. The first kappa shape index (κ1) is 13.0. The van der Waals surface area contributed by atoms with Crippen molar-refractivity contribution in [2.75, 3.05) is 11.5 Å². The van der Waals surface area contributed by atoms with E-state index in [1.807, 2.05) is 18.0 Å². The lowest BCUT2D eigenvalue weighted by atomic mass is 9.97. The molecule has 1 aromatic rings. The van der Waals surface area contributed by atoms with Crippen molar-refractivity contribution in [3.8, 4) is 0 Å². The first-order chi connectivity index (χ1) is 9.24. The molecule has 0 amide bonds. The molecular formula is C14H20N2O2S. The third kappa shape index (κ3) is 2.81. The summed E-state index contributed by atoms with van der Waals surface area (Å²) in [6.07, 6.45) is 7.16. The van der Waals surface area contributed by atoms with E-state index in [0.29, 0.717) is 6.54 Å². The second-order valence-electron chi connectivity index (χ2n) is 5.64. The predicted octanol–water partition coefficient (Wildman–Crippen LogP) is 2.22. The molecule has 4 nitrogen and oxygen atoms in total. The number of carbonyl (C=O) groups is 1. The van der Waals surface area contributed by atoms with Gasteiger partial charge in [0.05, 0.1) is 5.92 Å². The molecule has 0 spiro atoms. The van der Waals surface area contributed by atoms with Gasteiger partial charge in [0, 0.05) is 24.9 Å². The molecule has 3 rings (SSSR count). The lowest BCUT2D eigenvalue weighted by molar-refractivity contribution is -0.142. The maximum absolute atomic E-state index is 11.2. The minimum atomic E-state index is -0.668. The number of rotatable bonds is 3. The molecule has 1 aromatic heterocycles. The third-order valence-electron chi connectivity index (χ3n) is 4.25. The maximum Gasteiger partial charge on any atom is 0.308 e. The fourth-order valence-corrected chi connectivity index (χ4v) is 4.26. The number of imidazole rings is 1. The standard InChI is InChI=1S/C14H20N2O2S/c17-14(18)11-3-4-12-7-15-13(16(12)8-11)6-10-2-1-5-19-9-10/h7,10-11H,1-6,8-9H2,(H,17,18). The molecule has 2 aliphatic rings. The van der Waals surface area contributed by atoms with E-state index in [1.165, 1.54) is 30.0 Å². The number of aliphatic carboxylic acids is 1. The Morgan fingerprint density at radius 2 is 2.42 bits per heavy atom. The molecule has 1 N–H and O–H groups in total. The van der Waals surface area contributed by atoms with Gasteiger partial charge < -0.3 is 9.67 Å². The average molecular weight is 280 g/mol. The van der Waals surface area contributed by atoms with E-state index in [2.05, 4.69) is 9.55 Å². The normalized spacial score (nSPS) is 26.9. The van der Waals surface area contributed by atoms with E-state index in [-0.39, 0.29) is 5.92 Å². The van der Waals surface area contributed by atoms with Gasteiger partial charge in [-0.2, -0.15) is 11.8 Å². The van der Waals surface area contributed by atoms with Crippen LogP contribution < -0.4 is 0 Å². The van der Waals surface area contributed by atoms with E-state index in [1.54, 1.807) is 0 Å². The van der Waals surface area contributed by atoms with E-state index in [4.69, 9.17) is 0 Å². The maximum atomic E-state index is 11.2. The fraction of sp³-hybridized carbons (Fsp3) is 0.714. The molecule has 2 atom stereocenters. The minimum Gasteiger partial charge on any atom is -0.481 e. The van der Waals surface area contributed by atoms with Gasteiger partial charge in [-0.05, 0) is 43.1 Å². The summed E-state index contributed by atoms with van der Waals surface area (Å²) in [6.45, 7) is 0.611. The lowest BCUT2D eigenvalue weighted by Crippen LogP contribution is -2.28.